The van der Waals surface area contributed by atoms with Crippen molar-refractivity contribution in [3.8, 4) is 0 Å². The third-order valence-electron chi connectivity index (χ3n) is 1.09. The number of aromatic nitrogens is 1. The fourth-order valence-electron chi connectivity index (χ4n) is 0.611. The Bertz CT molecular complexity index is 256. The van der Waals surface area contributed by atoms with Crippen LogP contribution in [0.2, 0.25) is 0 Å². The molecular weight excluding hydrogens is 148 g/mol. The number of hydrogen-bond acceptors (Lipinski definition) is 5. The van der Waals surface area contributed by atoms with Gasteiger partial charge in [0.15, 0.2) is 0 Å². The lowest BCUT2D eigenvalue weighted by Gasteiger charge is -1.96. The second-order valence-electron chi connectivity index (χ2n) is 1.82. The summed E-state index contributed by atoms with van der Waals surface area (Å²) in [5.41, 5.74) is 5.41. The molecule has 0 saturated carbocycles. The summed E-state index contributed by atoms with van der Waals surface area (Å²) in [6.45, 7) is 2.02. The van der Waals surface area contributed by atoms with E-state index in [1.807, 2.05) is 0 Å². The summed E-state index contributed by atoms with van der Waals surface area (Å²) in [6.07, 6.45) is 1.23. The Morgan fingerprint density at radius 3 is 3.09 bits per heavy atom. The van der Waals surface area contributed by atoms with Gasteiger partial charge in [0, 0.05) is 0 Å². The lowest BCUT2D eigenvalue weighted by atomic mass is 10.3. The minimum absolute atomic E-state index is 0.0107. The minimum Gasteiger partial charge on any atom is -0.462 e. The highest BCUT2D eigenvalue weighted by Gasteiger charge is 2.13. The van der Waals surface area contributed by atoms with Crippen molar-refractivity contribution in [2.24, 2.45) is 0 Å². The lowest BCUT2D eigenvalue weighted by molar-refractivity contribution is 0.0527. The SMILES string of the molecule is CCOC(=O)c1cnoc1N. The van der Waals surface area contributed by atoms with Crippen LogP contribution in [0.4, 0.5) is 5.88 Å². The summed E-state index contributed by atoms with van der Waals surface area (Å²) in [5.74, 6) is -0.519. The molecule has 1 rings (SSSR count). The molecule has 0 aromatic carbocycles. The molecule has 0 atom stereocenters. The second-order valence-corrected chi connectivity index (χ2v) is 1.82. The molecule has 0 aliphatic heterocycles. The molecule has 5 nitrogen and oxygen atoms in total. The van der Waals surface area contributed by atoms with Crippen molar-refractivity contribution < 1.29 is 14.1 Å². The van der Waals surface area contributed by atoms with Crippen LogP contribution >= 0.6 is 0 Å². The maximum Gasteiger partial charge on any atom is 0.345 e. The number of ether oxygens (including phenoxy) is 1. The van der Waals surface area contributed by atoms with Gasteiger partial charge in [-0.25, -0.2) is 4.79 Å². The summed E-state index contributed by atoms with van der Waals surface area (Å²) in [5, 5.41) is 3.32. The Balaban J connectivity index is 2.76. The lowest BCUT2D eigenvalue weighted by Crippen LogP contribution is -2.05. The van der Waals surface area contributed by atoms with Crippen molar-refractivity contribution in [1.29, 1.82) is 0 Å². The molecule has 0 saturated heterocycles. The van der Waals surface area contributed by atoms with E-state index in [0.717, 1.165) is 0 Å². The molecule has 1 aromatic heterocycles. The quantitative estimate of drug-likeness (QED) is 0.628. The van der Waals surface area contributed by atoms with Gasteiger partial charge >= 0.3 is 5.97 Å². The van der Waals surface area contributed by atoms with Crippen LogP contribution in [0.25, 0.3) is 0 Å². The molecule has 0 spiro atoms. The van der Waals surface area contributed by atoms with E-state index in [1.54, 1.807) is 6.92 Å². The fourth-order valence-corrected chi connectivity index (χ4v) is 0.611. The molecule has 0 aliphatic carbocycles. The third kappa shape index (κ3) is 1.49. The molecule has 5 heteroatoms. The summed E-state index contributed by atoms with van der Waals surface area (Å²) >= 11 is 0. The van der Waals surface area contributed by atoms with E-state index in [9.17, 15) is 4.79 Å². The number of hydrogen-bond donors (Lipinski definition) is 1. The smallest absolute Gasteiger partial charge is 0.345 e. The molecular formula is C6H8N2O3. The number of nitrogens with two attached hydrogens (primary N) is 1. The fraction of sp³-hybridized carbons (Fsp3) is 0.333. The van der Waals surface area contributed by atoms with Crippen LogP contribution < -0.4 is 5.73 Å². The van der Waals surface area contributed by atoms with Crippen LogP contribution in [-0.4, -0.2) is 17.7 Å². The first-order valence-electron chi connectivity index (χ1n) is 3.13. The maximum atomic E-state index is 10.9. The van der Waals surface area contributed by atoms with Crippen molar-refractivity contribution in [1.82, 2.24) is 5.16 Å². The van der Waals surface area contributed by atoms with Crippen LogP contribution in [0.15, 0.2) is 10.7 Å². The molecule has 0 bridgehead atoms. The Labute approximate surface area is 63.1 Å². The molecule has 0 amide bonds. The van der Waals surface area contributed by atoms with E-state index < -0.39 is 5.97 Å². The Morgan fingerprint density at radius 2 is 2.64 bits per heavy atom. The van der Waals surface area contributed by atoms with Crippen LogP contribution in [-0.2, 0) is 4.74 Å². The van der Waals surface area contributed by atoms with Crippen molar-refractivity contribution in [2.45, 2.75) is 6.92 Å². The number of nitrogens with zero attached hydrogens (tertiary/aromatic N) is 1. The number of esters is 1. The van der Waals surface area contributed by atoms with E-state index >= 15 is 0 Å². The summed E-state index contributed by atoms with van der Waals surface area (Å²) in [4.78, 5) is 10.9. The molecule has 0 radical (unpaired) electrons. The molecule has 11 heavy (non-hydrogen) atoms. The number of carbonyl (C=O) groups is 1. The molecule has 1 heterocycles. The van der Waals surface area contributed by atoms with Gasteiger partial charge in [0.1, 0.15) is 5.56 Å². The van der Waals surface area contributed by atoms with E-state index in [-0.39, 0.29) is 11.4 Å². The first-order valence-corrected chi connectivity index (χ1v) is 3.13. The van der Waals surface area contributed by atoms with Gasteiger partial charge in [0.25, 0.3) is 0 Å². The Hall–Kier alpha value is -1.52. The van der Waals surface area contributed by atoms with Crippen molar-refractivity contribution in [2.75, 3.05) is 12.3 Å². The van der Waals surface area contributed by atoms with Gasteiger partial charge in [-0.3, -0.25) is 0 Å². The second kappa shape index (κ2) is 3.05. The van der Waals surface area contributed by atoms with Crippen LogP contribution in [0.3, 0.4) is 0 Å². The number of carbonyl (C=O) groups excluding carboxylic acids is 1. The van der Waals surface area contributed by atoms with Crippen molar-refractivity contribution >= 4 is 11.9 Å². The maximum absolute atomic E-state index is 10.9. The van der Waals surface area contributed by atoms with Gasteiger partial charge < -0.3 is 15.0 Å². The molecule has 0 unspecified atom stereocenters. The highest BCUT2D eigenvalue weighted by atomic mass is 16.5. The van der Waals surface area contributed by atoms with Crippen LogP contribution in [0, 0.1) is 0 Å². The normalized spacial score (nSPS) is 9.55. The number of rotatable bonds is 2. The van der Waals surface area contributed by atoms with Gasteiger partial charge in [-0.2, -0.15) is 0 Å². The highest BCUT2D eigenvalue weighted by molar-refractivity contribution is 5.93. The zero-order chi connectivity index (χ0) is 8.27. The number of nitrogen functional groups attached to an aromatic ring is 1. The van der Waals surface area contributed by atoms with Gasteiger partial charge in [-0.15, -0.1) is 0 Å². The zero-order valence-corrected chi connectivity index (χ0v) is 6.03. The predicted molar refractivity (Wildman–Crippen MR) is 36.9 cm³/mol. The largest absolute Gasteiger partial charge is 0.462 e. The van der Waals surface area contributed by atoms with Gasteiger partial charge in [-0.1, -0.05) is 5.16 Å². The standard InChI is InChI=1S/C6H8N2O3/c1-2-10-6(9)4-3-8-11-5(4)7/h3H,2,7H2,1H3. The first kappa shape index (κ1) is 7.59. The monoisotopic (exact) mass is 156 g/mol. The molecule has 1 aromatic rings. The minimum atomic E-state index is -0.508. The van der Waals surface area contributed by atoms with Gasteiger partial charge in [-0.05, 0) is 6.92 Å². The summed E-state index contributed by atoms with van der Waals surface area (Å²) < 4.78 is 9.11. The average Bonchev–Trinajstić information content (AvgIpc) is 2.36. The number of anilines is 1. The van der Waals surface area contributed by atoms with Crippen LogP contribution in [0.1, 0.15) is 17.3 Å². The molecule has 0 aliphatic rings. The average molecular weight is 156 g/mol. The van der Waals surface area contributed by atoms with Gasteiger partial charge in [0.2, 0.25) is 5.88 Å². The van der Waals surface area contributed by atoms with E-state index in [4.69, 9.17) is 5.73 Å². The Kier molecular flexibility index (Phi) is 2.10. The first-order chi connectivity index (χ1) is 5.25. The molecule has 60 valence electrons. The Morgan fingerprint density at radius 1 is 1.91 bits per heavy atom. The molecule has 0 fully saturated rings. The van der Waals surface area contributed by atoms with Gasteiger partial charge in [0.05, 0.1) is 12.8 Å². The summed E-state index contributed by atoms with van der Waals surface area (Å²) in [6, 6.07) is 0. The predicted octanol–water partition coefficient (Wildman–Crippen LogP) is 0.434. The van der Waals surface area contributed by atoms with Crippen molar-refractivity contribution in [3.05, 3.63) is 11.8 Å². The topological polar surface area (TPSA) is 78.3 Å². The third-order valence-corrected chi connectivity index (χ3v) is 1.09. The zero-order valence-electron chi connectivity index (χ0n) is 6.03. The summed E-state index contributed by atoms with van der Waals surface area (Å²) in [7, 11) is 0. The van der Waals surface area contributed by atoms with E-state index in [0.29, 0.717) is 6.61 Å². The van der Waals surface area contributed by atoms with E-state index in [1.165, 1.54) is 6.20 Å². The van der Waals surface area contributed by atoms with Crippen molar-refractivity contribution in [3.63, 3.8) is 0 Å². The highest BCUT2D eigenvalue weighted by Crippen LogP contribution is 2.10. The van der Waals surface area contributed by atoms with E-state index in [2.05, 4.69) is 14.4 Å². The molecule has 2 N–H and O–H groups in total. The van der Waals surface area contributed by atoms with Crippen LogP contribution in [0.5, 0.6) is 0 Å².